The number of hydrogen-bond donors (Lipinski definition) is 1. The molecule has 142 valence electrons. The Morgan fingerprint density at radius 1 is 1.21 bits per heavy atom. The SMILES string of the molecule is O=C(c1cc(C2CC2)on1)N1CCC2(CC1)Nc1cccnc1-n1cccc12. The number of nitrogens with zero attached hydrogens (tertiary/aromatic N) is 4. The van der Waals surface area contributed by atoms with E-state index in [1.807, 2.05) is 23.2 Å². The zero-order valence-electron chi connectivity index (χ0n) is 15.5. The molecule has 0 atom stereocenters. The number of pyridine rings is 1. The van der Waals surface area contributed by atoms with Crippen LogP contribution < -0.4 is 5.32 Å². The second-order valence-corrected chi connectivity index (χ2v) is 8.03. The van der Waals surface area contributed by atoms with E-state index in [0.717, 1.165) is 42.9 Å². The summed E-state index contributed by atoms with van der Waals surface area (Å²) in [6.07, 6.45) is 7.83. The second kappa shape index (κ2) is 5.70. The van der Waals surface area contributed by atoms with Gasteiger partial charge < -0.3 is 19.3 Å². The molecule has 2 aliphatic heterocycles. The van der Waals surface area contributed by atoms with Gasteiger partial charge in [-0.25, -0.2) is 4.98 Å². The highest BCUT2D eigenvalue weighted by Crippen LogP contribution is 2.43. The summed E-state index contributed by atoms with van der Waals surface area (Å²) < 4.78 is 7.53. The lowest BCUT2D eigenvalue weighted by Gasteiger charge is -2.45. The maximum absolute atomic E-state index is 12.9. The van der Waals surface area contributed by atoms with E-state index < -0.39 is 0 Å². The van der Waals surface area contributed by atoms with E-state index in [9.17, 15) is 4.79 Å². The number of anilines is 1. The number of piperidine rings is 1. The number of hydrogen-bond acceptors (Lipinski definition) is 5. The molecule has 28 heavy (non-hydrogen) atoms. The molecule has 1 saturated carbocycles. The van der Waals surface area contributed by atoms with E-state index in [1.165, 1.54) is 5.69 Å². The van der Waals surface area contributed by atoms with Crippen molar-refractivity contribution in [3.63, 3.8) is 0 Å². The Hall–Kier alpha value is -3.09. The zero-order chi connectivity index (χ0) is 18.7. The van der Waals surface area contributed by atoms with Crippen LogP contribution in [0.1, 0.15) is 53.5 Å². The summed E-state index contributed by atoms with van der Waals surface area (Å²) in [6, 6.07) is 10.1. The first-order valence-electron chi connectivity index (χ1n) is 9.91. The van der Waals surface area contributed by atoms with Crippen LogP contribution in [-0.4, -0.2) is 38.6 Å². The molecule has 1 N–H and O–H groups in total. The topological polar surface area (TPSA) is 76.2 Å². The van der Waals surface area contributed by atoms with E-state index in [2.05, 4.69) is 44.4 Å². The summed E-state index contributed by atoms with van der Waals surface area (Å²) in [6.45, 7) is 1.36. The van der Waals surface area contributed by atoms with Gasteiger partial charge in [0.2, 0.25) is 0 Å². The molecular weight excluding hydrogens is 354 g/mol. The molecule has 0 radical (unpaired) electrons. The molecule has 0 aromatic carbocycles. The minimum atomic E-state index is -0.181. The lowest BCUT2D eigenvalue weighted by Crippen LogP contribution is -2.51. The first-order valence-corrected chi connectivity index (χ1v) is 9.91. The predicted molar refractivity (Wildman–Crippen MR) is 102 cm³/mol. The Bertz CT molecular complexity index is 1060. The second-order valence-electron chi connectivity index (χ2n) is 8.03. The summed E-state index contributed by atoms with van der Waals surface area (Å²) in [7, 11) is 0. The van der Waals surface area contributed by atoms with Gasteiger partial charge in [0.05, 0.1) is 11.2 Å². The van der Waals surface area contributed by atoms with Gasteiger partial charge in [0.25, 0.3) is 5.91 Å². The lowest BCUT2D eigenvalue weighted by molar-refractivity contribution is 0.0666. The molecule has 6 rings (SSSR count). The monoisotopic (exact) mass is 375 g/mol. The van der Waals surface area contributed by atoms with Crippen LogP contribution in [0.3, 0.4) is 0 Å². The van der Waals surface area contributed by atoms with E-state index in [-0.39, 0.29) is 11.4 Å². The molecule has 0 bridgehead atoms. The van der Waals surface area contributed by atoms with Crippen molar-refractivity contribution in [2.24, 2.45) is 0 Å². The number of amides is 1. The standard InChI is InChI=1S/C21H21N5O2/c27-20(16-13-17(28-24-16)14-5-6-14)25-11-7-21(8-12-25)18-4-2-10-26(18)19-15(23-21)3-1-9-22-19/h1-4,9-10,13-14,23H,5-8,11-12H2. The Labute approximate surface area is 162 Å². The van der Waals surface area contributed by atoms with Gasteiger partial charge in [-0.1, -0.05) is 5.16 Å². The summed E-state index contributed by atoms with van der Waals surface area (Å²) in [5, 5.41) is 7.75. The van der Waals surface area contributed by atoms with Crippen LogP contribution in [0, 0.1) is 0 Å². The summed E-state index contributed by atoms with van der Waals surface area (Å²) in [5.74, 6) is 2.22. The highest BCUT2D eigenvalue weighted by molar-refractivity contribution is 5.92. The van der Waals surface area contributed by atoms with Crippen LogP contribution in [0.2, 0.25) is 0 Å². The first kappa shape index (κ1) is 15.9. The van der Waals surface area contributed by atoms with Gasteiger partial charge in [-0.15, -0.1) is 0 Å². The third-order valence-corrected chi connectivity index (χ3v) is 6.26. The molecule has 3 aliphatic rings. The zero-order valence-corrected chi connectivity index (χ0v) is 15.5. The van der Waals surface area contributed by atoms with Crippen molar-refractivity contribution < 1.29 is 9.32 Å². The number of carbonyl (C=O) groups is 1. The molecule has 7 nitrogen and oxygen atoms in total. The highest BCUT2D eigenvalue weighted by atomic mass is 16.5. The van der Waals surface area contributed by atoms with E-state index >= 15 is 0 Å². The molecule has 7 heteroatoms. The van der Waals surface area contributed by atoms with Crippen LogP contribution in [0.5, 0.6) is 0 Å². The maximum Gasteiger partial charge on any atom is 0.276 e. The van der Waals surface area contributed by atoms with Crippen molar-refractivity contribution in [2.45, 2.75) is 37.1 Å². The van der Waals surface area contributed by atoms with Crippen LogP contribution in [0.15, 0.2) is 47.2 Å². The maximum atomic E-state index is 12.9. The Morgan fingerprint density at radius 3 is 2.89 bits per heavy atom. The van der Waals surface area contributed by atoms with E-state index in [4.69, 9.17) is 4.52 Å². The lowest BCUT2D eigenvalue weighted by atomic mass is 9.82. The third kappa shape index (κ3) is 2.32. The van der Waals surface area contributed by atoms with E-state index in [0.29, 0.717) is 24.7 Å². The number of fused-ring (bicyclic) bond motifs is 4. The van der Waals surface area contributed by atoms with Crippen LogP contribution in [0.4, 0.5) is 5.69 Å². The molecule has 3 aromatic heterocycles. The minimum Gasteiger partial charge on any atom is -0.371 e. The van der Waals surface area contributed by atoms with Crippen LogP contribution in [0.25, 0.3) is 5.82 Å². The predicted octanol–water partition coefficient (Wildman–Crippen LogP) is 3.29. The van der Waals surface area contributed by atoms with Gasteiger partial charge >= 0.3 is 0 Å². The van der Waals surface area contributed by atoms with Crippen molar-refractivity contribution in [3.05, 3.63) is 59.9 Å². The van der Waals surface area contributed by atoms with Crippen LogP contribution >= 0.6 is 0 Å². The largest absolute Gasteiger partial charge is 0.371 e. The van der Waals surface area contributed by atoms with Gasteiger partial charge in [-0.2, -0.15) is 0 Å². The summed E-state index contributed by atoms with van der Waals surface area (Å²) >= 11 is 0. The van der Waals surface area contributed by atoms with Crippen molar-refractivity contribution in [1.29, 1.82) is 0 Å². The minimum absolute atomic E-state index is 0.0289. The number of rotatable bonds is 2. The van der Waals surface area contributed by atoms with E-state index in [1.54, 1.807) is 0 Å². The van der Waals surface area contributed by atoms with Crippen molar-refractivity contribution in [2.75, 3.05) is 18.4 Å². The Kier molecular flexibility index (Phi) is 3.24. The Morgan fingerprint density at radius 2 is 2.07 bits per heavy atom. The first-order chi connectivity index (χ1) is 13.7. The molecule has 1 aliphatic carbocycles. The highest BCUT2D eigenvalue weighted by Gasteiger charge is 2.43. The molecule has 1 amide bonds. The number of carbonyl (C=O) groups excluding carboxylic acids is 1. The van der Waals surface area contributed by atoms with Gasteiger partial charge in [0.15, 0.2) is 11.5 Å². The molecule has 1 spiro atoms. The van der Waals surface area contributed by atoms with Crippen molar-refractivity contribution >= 4 is 11.6 Å². The molecule has 1 saturated heterocycles. The molecule has 3 aromatic rings. The Balaban J connectivity index is 1.24. The van der Waals surface area contributed by atoms with Gasteiger partial charge in [-0.05, 0) is 49.9 Å². The summed E-state index contributed by atoms with van der Waals surface area (Å²) in [5.41, 5.74) is 2.51. The fourth-order valence-electron chi connectivity index (χ4n) is 4.55. The fraction of sp³-hybridized carbons (Fsp3) is 0.381. The number of likely N-dealkylation sites (tertiary alicyclic amines) is 1. The number of nitrogens with one attached hydrogen (secondary N) is 1. The molecule has 5 heterocycles. The molecule has 2 fully saturated rings. The molecule has 0 unspecified atom stereocenters. The van der Waals surface area contributed by atoms with Crippen molar-refractivity contribution in [3.8, 4) is 5.82 Å². The smallest absolute Gasteiger partial charge is 0.276 e. The van der Waals surface area contributed by atoms with Gasteiger partial charge in [0, 0.05) is 43.2 Å². The molecular formula is C21H21N5O2. The fourth-order valence-corrected chi connectivity index (χ4v) is 4.55. The normalized spacial score (nSPS) is 19.8. The summed E-state index contributed by atoms with van der Waals surface area (Å²) in [4.78, 5) is 19.3. The number of aromatic nitrogens is 3. The van der Waals surface area contributed by atoms with Gasteiger partial charge in [-0.3, -0.25) is 4.79 Å². The quantitative estimate of drug-likeness (QED) is 0.744. The third-order valence-electron chi connectivity index (χ3n) is 6.26. The average molecular weight is 375 g/mol. The average Bonchev–Trinajstić information content (AvgIpc) is 3.25. The van der Waals surface area contributed by atoms with Gasteiger partial charge in [0.1, 0.15) is 5.76 Å². The van der Waals surface area contributed by atoms with Crippen LogP contribution in [-0.2, 0) is 5.54 Å². The van der Waals surface area contributed by atoms with Crippen molar-refractivity contribution in [1.82, 2.24) is 19.6 Å².